The van der Waals surface area contributed by atoms with Crippen LogP contribution in [0.4, 0.5) is 0 Å². The lowest BCUT2D eigenvalue weighted by Crippen LogP contribution is -2.05. The summed E-state index contributed by atoms with van der Waals surface area (Å²) in [5.74, 6) is -0.198. The molecule has 82 valence electrons. The molecule has 0 bridgehead atoms. The zero-order valence-electron chi connectivity index (χ0n) is 9.49. The molecule has 2 nitrogen and oxygen atoms in total. The smallest absolute Gasteiger partial charge is 0.309 e. The number of methoxy groups -OCH3 is 1. The van der Waals surface area contributed by atoms with E-state index in [1.807, 2.05) is 31.2 Å². The third-order valence-electron chi connectivity index (χ3n) is 2.65. The molecule has 0 heterocycles. The normalized spacial score (nSPS) is 10.4. The van der Waals surface area contributed by atoms with Gasteiger partial charge in [-0.1, -0.05) is 42.0 Å². The van der Waals surface area contributed by atoms with Gasteiger partial charge in [0.15, 0.2) is 0 Å². The molecule has 2 aromatic rings. The Labute approximate surface area is 94.8 Å². The van der Waals surface area contributed by atoms with Gasteiger partial charge in [0.2, 0.25) is 0 Å². The number of rotatable bonds is 2. The van der Waals surface area contributed by atoms with Crippen molar-refractivity contribution in [3.05, 3.63) is 47.5 Å². The first-order chi connectivity index (χ1) is 7.70. The second-order valence-electron chi connectivity index (χ2n) is 3.90. The first kappa shape index (κ1) is 10.7. The number of hydrogen-bond donors (Lipinski definition) is 0. The Morgan fingerprint density at radius 3 is 2.75 bits per heavy atom. The number of aryl methyl sites for hydroxylation is 1. The lowest BCUT2D eigenvalue weighted by molar-refractivity contribution is -0.139. The first-order valence-electron chi connectivity index (χ1n) is 5.26. The molecule has 0 saturated heterocycles. The van der Waals surface area contributed by atoms with Gasteiger partial charge in [-0.15, -0.1) is 0 Å². The Morgan fingerprint density at radius 2 is 2.00 bits per heavy atom. The van der Waals surface area contributed by atoms with Crippen LogP contribution in [-0.2, 0) is 16.0 Å². The van der Waals surface area contributed by atoms with E-state index in [9.17, 15) is 4.79 Å². The summed E-state index contributed by atoms with van der Waals surface area (Å²) >= 11 is 0. The van der Waals surface area contributed by atoms with Crippen LogP contribution in [0.5, 0.6) is 0 Å². The molecule has 0 aromatic heterocycles. The number of hydrogen-bond acceptors (Lipinski definition) is 2. The largest absolute Gasteiger partial charge is 0.469 e. The van der Waals surface area contributed by atoms with Crippen molar-refractivity contribution in [2.24, 2.45) is 0 Å². The molecule has 0 aliphatic heterocycles. The van der Waals surface area contributed by atoms with Gasteiger partial charge in [-0.05, 0) is 23.3 Å². The molecule has 0 aliphatic carbocycles. The minimum absolute atomic E-state index is 0.198. The average Bonchev–Trinajstić information content (AvgIpc) is 2.28. The van der Waals surface area contributed by atoms with E-state index in [4.69, 9.17) is 4.74 Å². The Hall–Kier alpha value is -1.83. The van der Waals surface area contributed by atoms with Crippen molar-refractivity contribution in [2.45, 2.75) is 13.3 Å². The summed E-state index contributed by atoms with van der Waals surface area (Å²) in [4.78, 5) is 11.3. The van der Waals surface area contributed by atoms with E-state index < -0.39 is 0 Å². The van der Waals surface area contributed by atoms with E-state index in [1.165, 1.54) is 12.5 Å². The summed E-state index contributed by atoms with van der Waals surface area (Å²) in [6.07, 6.45) is 0.332. The Balaban J connectivity index is 2.54. The first-order valence-corrected chi connectivity index (χ1v) is 5.26. The lowest BCUT2D eigenvalue weighted by Gasteiger charge is -2.07. The molecule has 0 unspecified atom stereocenters. The predicted octanol–water partition coefficient (Wildman–Crippen LogP) is 2.86. The predicted molar refractivity (Wildman–Crippen MR) is 64.4 cm³/mol. The number of esters is 1. The van der Waals surface area contributed by atoms with Crippen LogP contribution in [0.25, 0.3) is 10.8 Å². The summed E-state index contributed by atoms with van der Waals surface area (Å²) in [5.41, 5.74) is 2.19. The van der Waals surface area contributed by atoms with Crippen molar-refractivity contribution in [1.29, 1.82) is 0 Å². The minimum Gasteiger partial charge on any atom is -0.469 e. The van der Waals surface area contributed by atoms with Gasteiger partial charge in [0.1, 0.15) is 0 Å². The fourth-order valence-corrected chi connectivity index (χ4v) is 1.93. The molecule has 0 fully saturated rings. The molecule has 2 heteroatoms. The summed E-state index contributed by atoms with van der Waals surface area (Å²) < 4.78 is 4.70. The van der Waals surface area contributed by atoms with Crippen molar-refractivity contribution in [1.82, 2.24) is 0 Å². The fraction of sp³-hybridized carbons (Fsp3) is 0.214. The van der Waals surface area contributed by atoms with Crippen LogP contribution in [0.1, 0.15) is 11.1 Å². The van der Waals surface area contributed by atoms with Crippen LogP contribution in [0.3, 0.4) is 0 Å². The van der Waals surface area contributed by atoms with E-state index >= 15 is 0 Å². The standard InChI is InChI=1S/C14H14O2/c1-10-7-11-5-3-4-6-13(11)12(8-10)9-14(15)16-2/h3-8H,9H2,1-2H3. The highest BCUT2D eigenvalue weighted by Gasteiger charge is 2.07. The van der Waals surface area contributed by atoms with Crippen molar-refractivity contribution < 1.29 is 9.53 Å². The van der Waals surface area contributed by atoms with Gasteiger partial charge in [0, 0.05) is 0 Å². The van der Waals surface area contributed by atoms with Gasteiger partial charge in [0.25, 0.3) is 0 Å². The van der Waals surface area contributed by atoms with Gasteiger partial charge in [-0.25, -0.2) is 0 Å². The van der Waals surface area contributed by atoms with Crippen LogP contribution < -0.4 is 0 Å². The number of fused-ring (bicyclic) bond motifs is 1. The summed E-state index contributed by atoms with van der Waals surface area (Å²) in [5, 5.41) is 2.29. The number of benzene rings is 2. The molecular formula is C14H14O2. The third-order valence-corrected chi connectivity index (χ3v) is 2.65. The Bertz CT molecular complexity index is 529. The maximum Gasteiger partial charge on any atom is 0.309 e. The Morgan fingerprint density at radius 1 is 1.25 bits per heavy atom. The van der Waals surface area contributed by atoms with Crippen LogP contribution in [0, 0.1) is 6.92 Å². The highest BCUT2D eigenvalue weighted by molar-refractivity contribution is 5.89. The number of carbonyl (C=O) groups excluding carboxylic acids is 1. The van der Waals surface area contributed by atoms with Crippen molar-refractivity contribution in [2.75, 3.05) is 7.11 Å². The molecule has 0 spiro atoms. The summed E-state index contributed by atoms with van der Waals surface area (Å²) in [7, 11) is 1.42. The molecule has 0 saturated carbocycles. The molecular weight excluding hydrogens is 200 g/mol. The van der Waals surface area contributed by atoms with Crippen LogP contribution >= 0.6 is 0 Å². The average molecular weight is 214 g/mol. The fourth-order valence-electron chi connectivity index (χ4n) is 1.93. The van der Waals surface area contributed by atoms with Crippen molar-refractivity contribution in [3.8, 4) is 0 Å². The van der Waals surface area contributed by atoms with E-state index in [0.29, 0.717) is 6.42 Å². The molecule has 0 radical (unpaired) electrons. The maximum atomic E-state index is 11.3. The van der Waals surface area contributed by atoms with Crippen LogP contribution in [0.2, 0.25) is 0 Å². The SMILES string of the molecule is COC(=O)Cc1cc(C)cc2ccccc12. The molecule has 16 heavy (non-hydrogen) atoms. The second-order valence-corrected chi connectivity index (χ2v) is 3.90. The molecule has 2 rings (SSSR count). The highest BCUT2D eigenvalue weighted by Crippen LogP contribution is 2.21. The monoisotopic (exact) mass is 214 g/mol. The van der Waals surface area contributed by atoms with E-state index in [0.717, 1.165) is 16.5 Å². The van der Waals surface area contributed by atoms with Gasteiger partial charge >= 0.3 is 5.97 Å². The minimum atomic E-state index is -0.198. The van der Waals surface area contributed by atoms with Gasteiger partial charge < -0.3 is 4.74 Å². The zero-order chi connectivity index (χ0) is 11.5. The van der Waals surface area contributed by atoms with Gasteiger partial charge in [-0.3, -0.25) is 4.79 Å². The maximum absolute atomic E-state index is 11.3. The topological polar surface area (TPSA) is 26.3 Å². The quantitative estimate of drug-likeness (QED) is 0.718. The van der Waals surface area contributed by atoms with E-state index in [1.54, 1.807) is 0 Å². The van der Waals surface area contributed by atoms with E-state index in [-0.39, 0.29) is 5.97 Å². The molecule has 0 aliphatic rings. The molecule has 0 amide bonds. The summed E-state index contributed by atoms with van der Waals surface area (Å²) in [6, 6.07) is 12.2. The van der Waals surface area contributed by atoms with Crippen LogP contribution in [0.15, 0.2) is 36.4 Å². The Kier molecular flexibility index (Phi) is 2.91. The van der Waals surface area contributed by atoms with E-state index in [2.05, 4.69) is 12.1 Å². The van der Waals surface area contributed by atoms with Gasteiger partial charge in [-0.2, -0.15) is 0 Å². The van der Waals surface area contributed by atoms with Crippen LogP contribution in [-0.4, -0.2) is 13.1 Å². The molecule has 2 aromatic carbocycles. The lowest BCUT2D eigenvalue weighted by atomic mass is 9.99. The van der Waals surface area contributed by atoms with Gasteiger partial charge in [0.05, 0.1) is 13.5 Å². The second kappa shape index (κ2) is 4.35. The summed E-state index contributed by atoms with van der Waals surface area (Å²) in [6.45, 7) is 2.03. The third kappa shape index (κ3) is 2.06. The zero-order valence-corrected chi connectivity index (χ0v) is 9.49. The number of carbonyl (C=O) groups is 1. The highest BCUT2D eigenvalue weighted by atomic mass is 16.5. The molecule has 0 atom stereocenters. The van der Waals surface area contributed by atoms with Crippen molar-refractivity contribution in [3.63, 3.8) is 0 Å². The number of ether oxygens (including phenoxy) is 1. The molecule has 0 N–H and O–H groups in total. The van der Waals surface area contributed by atoms with Crippen molar-refractivity contribution >= 4 is 16.7 Å².